The zero-order valence-corrected chi connectivity index (χ0v) is 13.4. The zero-order chi connectivity index (χ0) is 15.6. The first-order valence-electron chi connectivity index (χ1n) is 5.51. The minimum absolute atomic E-state index is 0.0567. The van der Waals surface area contributed by atoms with Crippen molar-refractivity contribution >= 4 is 43.2 Å². The van der Waals surface area contributed by atoms with Crippen molar-refractivity contribution in [1.29, 1.82) is 5.26 Å². The maximum Gasteiger partial charge on any atom is 0.263 e. The van der Waals surface area contributed by atoms with Gasteiger partial charge in [-0.15, -0.1) is 0 Å². The van der Waals surface area contributed by atoms with Crippen LogP contribution in [0.5, 0.6) is 0 Å². The predicted octanol–water partition coefficient (Wildman–Crippen LogP) is 3.91. The summed E-state index contributed by atoms with van der Waals surface area (Å²) in [7, 11) is -3.98. The molecule has 1 N–H and O–H groups in total. The van der Waals surface area contributed by atoms with Gasteiger partial charge in [-0.3, -0.25) is 4.72 Å². The molecular formula is C13H7BrClFN2O2S. The largest absolute Gasteiger partial charge is 0.278 e. The highest BCUT2D eigenvalue weighted by Gasteiger charge is 2.19. The number of halogens is 3. The fourth-order valence-corrected chi connectivity index (χ4v) is 3.88. The summed E-state index contributed by atoms with van der Waals surface area (Å²) in [5, 5.41) is 9.26. The van der Waals surface area contributed by atoms with Crippen molar-refractivity contribution in [1.82, 2.24) is 0 Å². The van der Waals surface area contributed by atoms with E-state index in [1.54, 1.807) is 0 Å². The molecule has 2 rings (SSSR count). The van der Waals surface area contributed by atoms with E-state index in [4.69, 9.17) is 16.9 Å². The van der Waals surface area contributed by atoms with Gasteiger partial charge in [0, 0.05) is 9.50 Å². The van der Waals surface area contributed by atoms with Crippen LogP contribution in [0.4, 0.5) is 10.1 Å². The minimum Gasteiger partial charge on any atom is -0.278 e. The SMILES string of the molecule is N#Cc1ccc(Cl)cc1NS(=O)(=O)c1ccc(F)cc1Br. The van der Waals surface area contributed by atoms with Crippen LogP contribution in [0.1, 0.15) is 5.56 Å². The van der Waals surface area contributed by atoms with E-state index < -0.39 is 15.8 Å². The molecule has 0 aliphatic rings. The lowest BCUT2D eigenvalue weighted by atomic mass is 10.2. The second-order valence-corrected chi connectivity index (χ2v) is 6.92. The van der Waals surface area contributed by atoms with E-state index in [1.165, 1.54) is 18.2 Å². The lowest BCUT2D eigenvalue weighted by molar-refractivity contribution is 0.599. The number of benzene rings is 2. The molecule has 0 atom stereocenters. The molecule has 0 fully saturated rings. The third-order valence-electron chi connectivity index (χ3n) is 2.53. The first-order chi connectivity index (χ1) is 9.83. The molecule has 21 heavy (non-hydrogen) atoms. The van der Waals surface area contributed by atoms with Crippen LogP contribution in [0.25, 0.3) is 0 Å². The number of sulfonamides is 1. The van der Waals surface area contributed by atoms with Crippen molar-refractivity contribution in [3.05, 3.63) is 57.3 Å². The first-order valence-corrected chi connectivity index (χ1v) is 8.16. The quantitative estimate of drug-likeness (QED) is 0.865. The van der Waals surface area contributed by atoms with Crippen LogP contribution in [-0.4, -0.2) is 8.42 Å². The zero-order valence-electron chi connectivity index (χ0n) is 10.3. The number of hydrogen-bond donors (Lipinski definition) is 1. The molecule has 0 aromatic heterocycles. The molecule has 4 nitrogen and oxygen atoms in total. The highest BCUT2D eigenvalue weighted by molar-refractivity contribution is 9.10. The first kappa shape index (κ1) is 15.8. The number of nitrogens with one attached hydrogen (secondary N) is 1. The van der Waals surface area contributed by atoms with Crippen molar-refractivity contribution in [3.63, 3.8) is 0 Å². The Morgan fingerprint density at radius 1 is 1.24 bits per heavy atom. The summed E-state index contributed by atoms with van der Waals surface area (Å²) in [5.74, 6) is -0.568. The second kappa shape index (κ2) is 6.02. The Morgan fingerprint density at radius 3 is 2.57 bits per heavy atom. The maximum atomic E-state index is 13.0. The van der Waals surface area contributed by atoms with Gasteiger partial charge in [0.1, 0.15) is 16.8 Å². The van der Waals surface area contributed by atoms with Crippen molar-refractivity contribution in [2.24, 2.45) is 0 Å². The number of rotatable bonds is 3. The molecular weight excluding hydrogens is 383 g/mol. The third-order valence-corrected chi connectivity index (χ3v) is 5.11. The van der Waals surface area contributed by atoms with Gasteiger partial charge in [0.15, 0.2) is 0 Å². The van der Waals surface area contributed by atoms with Crippen LogP contribution < -0.4 is 4.72 Å². The molecule has 108 valence electrons. The van der Waals surface area contributed by atoms with Gasteiger partial charge >= 0.3 is 0 Å². The van der Waals surface area contributed by atoms with E-state index in [1.807, 2.05) is 6.07 Å². The van der Waals surface area contributed by atoms with Crippen molar-refractivity contribution < 1.29 is 12.8 Å². The number of anilines is 1. The molecule has 0 radical (unpaired) electrons. The Morgan fingerprint density at radius 2 is 1.95 bits per heavy atom. The topological polar surface area (TPSA) is 70.0 Å². The third kappa shape index (κ3) is 3.53. The summed E-state index contributed by atoms with van der Waals surface area (Å²) in [6, 6.07) is 9.27. The predicted molar refractivity (Wildman–Crippen MR) is 81.1 cm³/mol. The Hall–Kier alpha value is -1.62. The van der Waals surface area contributed by atoms with Gasteiger partial charge in [-0.1, -0.05) is 11.6 Å². The number of nitriles is 1. The Bertz CT molecular complexity index is 850. The van der Waals surface area contributed by atoms with Gasteiger partial charge in [0.2, 0.25) is 0 Å². The van der Waals surface area contributed by atoms with Crippen molar-refractivity contribution in [3.8, 4) is 6.07 Å². The monoisotopic (exact) mass is 388 g/mol. The molecule has 0 saturated heterocycles. The Kier molecular flexibility index (Phi) is 4.52. The van der Waals surface area contributed by atoms with Crippen LogP contribution in [-0.2, 0) is 10.0 Å². The van der Waals surface area contributed by atoms with Gasteiger partial charge in [-0.25, -0.2) is 12.8 Å². The molecule has 2 aromatic rings. The van der Waals surface area contributed by atoms with Crippen LogP contribution in [0.15, 0.2) is 45.8 Å². The van der Waals surface area contributed by atoms with Gasteiger partial charge in [-0.05, 0) is 52.3 Å². The van der Waals surface area contributed by atoms with Crippen molar-refractivity contribution in [2.75, 3.05) is 4.72 Å². The molecule has 0 spiro atoms. The molecule has 0 aliphatic heterocycles. The molecule has 0 saturated carbocycles. The molecule has 0 heterocycles. The Labute approximate surface area is 134 Å². The fraction of sp³-hybridized carbons (Fsp3) is 0. The maximum absolute atomic E-state index is 13.0. The molecule has 0 aliphatic carbocycles. The molecule has 0 bridgehead atoms. The highest BCUT2D eigenvalue weighted by Crippen LogP contribution is 2.27. The molecule has 8 heteroatoms. The summed E-state index contributed by atoms with van der Waals surface area (Å²) in [4.78, 5) is -0.146. The van der Waals surface area contributed by atoms with Gasteiger partial charge < -0.3 is 0 Å². The molecule has 2 aromatic carbocycles. The molecule has 0 unspecified atom stereocenters. The summed E-state index contributed by atoms with van der Waals surface area (Å²) in [5.41, 5.74) is 0.183. The van der Waals surface area contributed by atoms with Gasteiger partial charge in [-0.2, -0.15) is 5.26 Å². The standard InChI is InChI=1S/C13H7BrClFN2O2S/c14-11-6-10(16)3-4-13(11)21(19,20)18-12-5-9(15)2-1-8(12)7-17/h1-6,18H. The van der Waals surface area contributed by atoms with Crippen LogP contribution >= 0.6 is 27.5 Å². The van der Waals surface area contributed by atoms with E-state index in [0.717, 1.165) is 18.2 Å². The highest BCUT2D eigenvalue weighted by atomic mass is 79.9. The minimum atomic E-state index is -3.98. The summed E-state index contributed by atoms with van der Waals surface area (Å²) in [6.07, 6.45) is 0. The fourth-order valence-electron chi connectivity index (χ4n) is 1.59. The lowest BCUT2D eigenvalue weighted by Crippen LogP contribution is -2.14. The second-order valence-electron chi connectivity index (χ2n) is 3.98. The lowest BCUT2D eigenvalue weighted by Gasteiger charge is -2.11. The van der Waals surface area contributed by atoms with E-state index >= 15 is 0 Å². The van der Waals surface area contributed by atoms with E-state index in [2.05, 4.69) is 20.7 Å². The smallest absolute Gasteiger partial charge is 0.263 e. The number of hydrogen-bond acceptors (Lipinski definition) is 3. The average Bonchev–Trinajstić information content (AvgIpc) is 2.37. The summed E-state index contributed by atoms with van der Waals surface area (Å²) >= 11 is 8.79. The van der Waals surface area contributed by atoms with Gasteiger partial charge in [0.05, 0.1) is 11.3 Å². The normalized spacial score (nSPS) is 11.0. The van der Waals surface area contributed by atoms with Crippen LogP contribution in [0, 0.1) is 17.1 Å². The van der Waals surface area contributed by atoms with E-state index in [-0.39, 0.29) is 25.6 Å². The van der Waals surface area contributed by atoms with Crippen molar-refractivity contribution in [2.45, 2.75) is 4.90 Å². The molecule has 0 amide bonds. The summed E-state index contributed by atoms with van der Waals surface area (Å²) in [6.45, 7) is 0. The summed E-state index contributed by atoms with van der Waals surface area (Å²) < 4.78 is 40.0. The van der Waals surface area contributed by atoms with E-state index in [9.17, 15) is 12.8 Å². The Balaban J connectivity index is 2.47. The number of nitrogens with zero attached hydrogens (tertiary/aromatic N) is 1. The van der Waals surface area contributed by atoms with E-state index in [0.29, 0.717) is 0 Å². The van der Waals surface area contributed by atoms with Crippen LogP contribution in [0.3, 0.4) is 0 Å². The van der Waals surface area contributed by atoms with Crippen LogP contribution in [0.2, 0.25) is 5.02 Å². The average molecular weight is 390 g/mol. The van der Waals surface area contributed by atoms with Gasteiger partial charge in [0.25, 0.3) is 10.0 Å².